The highest BCUT2D eigenvalue weighted by molar-refractivity contribution is 5.97. The van der Waals surface area contributed by atoms with E-state index < -0.39 is 5.60 Å². The summed E-state index contributed by atoms with van der Waals surface area (Å²) in [5.74, 6) is 2.31. The van der Waals surface area contributed by atoms with Gasteiger partial charge in [0, 0.05) is 25.4 Å². The van der Waals surface area contributed by atoms with Crippen LogP contribution in [0.2, 0.25) is 0 Å². The third-order valence-electron chi connectivity index (χ3n) is 5.84. The molecule has 2 rings (SSSR count). The van der Waals surface area contributed by atoms with E-state index in [1.165, 1.54) is 25.9 Å². The molecule has 1 saturated heterocycles. The number of benzene rings is 1. The van der Waals surface area contributed by atoms with Crippen LogP contribution in [-0.4, -0.2) is 49.3 Å². The molecule has 0 saturated carbocycles. The van der Waals surface area contributed by atoms with Gasteiger partial charge < -0.3 is 14.8 Å². The molecule has 1 heterocycles. The Morgan fingerprint density at radius 2 is 1.81 bits per heavy atom. The maximum atomic E-state index is 13.3. The lowest BCUT2D eigenvalue weighted by molar-refractivity contribution is -0.146. The number of carbonyl (C=O) groups is 1. The van der Waals surface area contributed by atoms with Gasteiger partial charge in [0.05, 0.1) is 0 Å². The number of amides is 1. The van der Waals surface area contributed by atoms with Gasteiger partial charge in [-0.2, -0.15) is 0 Å². The van der Waals surface area contributed by atoms with Crippen LogP contribution in [0.5, 0.6) is 5.75 Å². The van der Waals surface area contributed by atoms with Crippen LogP contribution in [0.1, 0.15) is 67.2 Å². The molecule has 0 aromatic heterocycles. The van der Waals surface area contributed by atoms with E-state index in [0.29, 0.717) is 37.9 Å². The van der Waals surface area contributed by atoms with Gasteiger partial charge in [-0.1, -0.05) is 34.6 Å². The Hall–Kier alpha value is -1.59. The first-order valence-corrected chi connectivity index (χ1v) is 12.1. The molecule has 1 aliphatic heterocycles. The van der Waals surface area contributed by atoms with Crippen LogP contribution in [0.15, 0.2) is 24.3 Å². The summed E-state index contributed by atoms with van der Waals surface area (Å²) in [4.78, 5) is 15.8. The number of nitrogens with zero attached hydrogens (tertiary/aromatic N) is 1. The van der Waals surface area contributed by atoms with E-state index in [-0.39, 0.29) is 5.91 Å². The SMILES string of the molecule is CCOC(CC(C)C)(CC(C)C)C(=O)Nc1ccc(OCCN2CCCC(C)C2)cc1. The third kappa shape index (κ3) is 8.46. The van der Waals surface area contributed by atoms with Crippen molar-refractivity contribution in [3.8, 4) is 5.75 Å². The average molecular weight is 433 g/mol. The van der Waals surface area contributed by atoms with Crippen LogP contribution in [0, 0.1) is 17.8 Å². The second kappa shape index (κ2) is 12.4. The summed E-state index contributed by atoms with van der Waals surface area (Å²) in [7, 11) is 0. The molecule has 1 aromatic rings. The second-order valence-electron chi connectivity index (χ2n) is 10.00. The molecule has 1 fully saturated rings. The van der Waals surface area contributed by atoms with Crippen LogP contribution in [0.4, 0.5) is 5.69 Å². The maximum absolute atomic E-state index is 13.3. The quantitative estimate of drug-likeness (QED) is 0.467. The van der Waals surface area contributed by atoms with Gasteiger partial charge in [-0.05, 0) is 81.2 Å². The van der Waals surface area contributed by atoms with E-state index in [1.807, 2.05) is 31.2 Å². The second-order valence-corrected chi connectivity index (χ2v) is 10.00. The zero-order valence-electron chi connectivity index (χ0n) is 20.6. The highest BCUT2D eigenvalue weighted by atomic mass is 16.5. The smallest absolute Gasteiger partial charge is 0.256 e. The lowest BCUT2D eigenvalue weighted by atomic mass is 9.83. The molecular formula is C26H44N2O3. The Kier molecular flexibility index (Phi) is 10.3. The van der Waals surface area contributed by atoms with Crippen molar-refractivity contribution in [3.63, 3.8) is 0 Å². The van der Waals surface area contributed by atoms with E-state index in [0.717, 1.165) is 23.9 Å². The highest BCUT2D eigenvalue weighted by Gasteiger charge is 2.40. The van der Waals surface area contributed by atoms with Crippen molar-refractivity contribution >= 4 is 11.6 Å². The van der Waals surface area contributed by atoms with Gasteiger partial charge in [-0.3, -0.25) is 9.69 Å². The first-order valence-electron chi connectivity index (χ1n) is 12.1. The van der Waals surface area contributed by atoms with Gasteiger partial charge in [0.1, 0.15) is 18.0 Å². The number of piperidine rings is 1. The zero-order valence-corrected chi connectivity index (χ0v) is 20.6. The van der Waals surface area contributed by atoms with Gasteiger partial charge >= 0.3 is 0 Å². The van der Waals surface area contributed by atoms with Crippen LogP contribution in [0.25, 0.3) is 0 Å². The number of rotatable bonds is 12. The minimum Gasteiger partial charge on any atom is -0.492 e. The lowest BCUT2D eigenvalue weighted by Crippen LogP contribution is -2.47. The average Bonchev–Trinajstić information content (AvgIpc) is 2.68. The van der Waals surface area contributed by atoms with Gasteiger partial charge in [0.15, 0.2) is 0 Å². The molecule has 5 heteroatoms. The van der Waals surface area contributed by atoms with Gasteiger partial charge in [0.2, 0.25) is 0 Å². The predicted octanol–water partition coefficient (Wildman–Crippen LogP) is 5.60. The summed E-state index contributed by atoms with van der Waals surface area (Å²) in [5, 5.41) is 3.09. The van der Waals surface area contributed by atoms with Crippen molar-refractivity contribution in [3.05, 3.63) is 24.3 Å². The molecule has 176 valence electrons. The Morgan fingerprint density at radius 3 is 2.35 bits per heavy atom. The number of carbonyl (C=O) groups excluding carboxylic acids is 1. The molecular weight excluding hydrogens is 388 g/mol. The molecule has 1 unspecified atom stereocenters. The molecule has 1 aromatic carbocycles. The maximum Gasteiger partial charge on any atom is 0.256 e. The molecule has 5 nitrogen and oxygen atoms in total. The summed E-state index contributed by atoms with van der Waals surface area (Å²) in [6.45, 7) is 17.3. The number of hydrogen-bond acceptors (Lipinski definition) is 4. The Balaban J connectivity index is 1.93. The minimum absolute atomic E-state index is 0.0513. The van der Waals surface area contributed by atoms with Crippen LogP contribution >= 0.6 is 0 Å². The van der Waals surface area contributed by atoms with E-state index >= 15 is 0 Å². The van der Waals surface area contributed by atoms with E-state index in [1.54, 1.807) is 0 Å². The van der Waals surface area contributed by atoms with Gasteiger partial charge in [-0.15, -0.1) is 0 Å². The topological polar surface area (TPSA) is 50.8 Å². The molecule has 1 aliphatic rings. The summed E-state index contributed by atoms with van der Waals surface area (Å²) in [5.41, 5.74) is -0.0172. The van der Waals surface area contributed by atoms with Gasteiger partial charge in [-0.25, -0.2) is 0 Å². The van der Waals surface area contributed by atoms with Crippen LogP contribution in [0.3, 0.4) is 0 Å². The molecule has 1 amide bonds. The monoisotopic (exact) mass is 432 g/mol. The van der Waals surface area contributed by atoms with E-state index in [2.05, 4.69) is 44.8 Å². The molecule has 1 N–H and O–H groups in total. The third-order valence-corrected chi connectivity index (χ3v) is 5.84. The van der Waals surface area contributed by atoms with Crippen molar-refractivity contribution in [1.82, 2.24) is 4.90 Å². The zero-order chi connectivity index (χ0) is 22.9. The Bertz CT molecular complexity index is 647. The standard InChI is InChI=1S/C26H44N2O3/c1-7-31-26(17-20(2)3,18-21(4)5)25(29)27-23-10-12-24(13-11-23)30-16-15-28-14-8-9-22(6)19-28/h10-13,20-22H,7-9,14-19H2,1-6H3,(H,27,29). The van der Waals surface area contributed by atoms with Crippen molar-refractivity contribution in [1.29, 1.82) is 0 Å². The number of likely N-dealkylation sites (tertiary alicyclic amines) is 1. The molecule has 0 aliphatic carbocycles. The van der Waals surface area contributed by atoms with Crippen molar-refractivity contribution in [2.24, 2.45) is 17.8 Å². The largest absolute Gasteiger partial charge is 0.492 e. The predicted molar refractivity (Wildman–Crippen MR) is 129 cm³/mol. The fourth-order valence-corrected chi connectivity index (χ4v) is 4.71. The van der Waals surface area contributed by atoms with Crippen LogP contribution in [-0.2, 0) is 9.53 Å². The normalized spacial score (nSPS) is 17.9. The minimum atomic E-state index is -0.794. The number of hydrogen-bond donors (Lipinski definition) is 1. The van der Waals surface area contributed by atoms with E-state index in [9.17, 15) is 4.79 Å². The van der Waals surface area contributed by atoms with Crippen molar-refractivity contribution < 1.29 is 14.3 Å². The number of anilines is 1. The summed E-state index contributed by atoms with van der Waals surface area (Å²) < 4.78 is 12.0. The molecule has 0 bridgehead atoms. The Labute approximate surface area is 189 Å². The fraction of sp³-hybridized carbons (Fsp3) is 0.731. The molecule has 31 heavy (non-hydrogen) atoms. The molecule has 1 atom stereocenters. The molecule has 0 radical (unpaired) electrons. The molecule has 0 spiro atoms. The van der Waals surface area contributed by atoms with Crippen molar-refractivity contribution in [2.75, 3.05) is 38.2 Å². The fourth-order valence-electron chi connectivity index (χ4n) is 4.71. The number of nitrogens with one attached hydrogen (secondary N) is 1. The first-order chi connectivity index (χ1) is 14.7. The highest BCUT2D eigenvalue weighted by Crippen LogP contribution is 2.31. The van der Waals surface area contributed by atoms with Crippen molar-refractivity contribution in [2.45, 2.75) is 72.8 Å². The number of ether oxygens (including phenoxy) is 2. The summed E-state index contributed by atoms with van der Waals surface area (Å²) in [6, 6.07) is 7.69. The summed E-state index contributed by atoms with van der Waals surface area (Å²) in [6.07, 6.45) is 4.04. The van der Waals surface area contributed by atoms with Crippen LogP contribution < -0.4 is 10.1 Å². The first kappa shape index (κ1) is 25.7. The summed E-state index contributed by atoms with van der Waals surface area (Å²) >= 11 is 0. The lowest BCUT2D eigenvalue weighted by Gasteiger charge is -2.35. The van der Waals surface area contributed by atoms with E-state index in [4.69, 9.17) is 9.47 Å². The van der Waals surface area contributed by atoms with Gasteiger partial charge in [0.25, 0.3) is 5.91 Å². The Morgan fingerprint density at radius 1 is 1.16 bits per heavy atom.